The molecule has 1 fully saturated rings. The molecule has 0 spiro atoms. The number of rotatable bonds is 4. The van der Waals surface area contributed by atoms with Crippen LogP contribution < -0.4 is 4.90 Å². The third-order valence-corrected chi connectivity index (χ3v) is 6.36. The minimum absolute atomic E-state index is 0.0286. The number of hydrogen-bond donors (Lipinski definition) is 0. The summed E-state index contributed by atoms with van der Waals surface area (Å²) in [4.78, 5) is 25.1. The molecular weight excluding hydrogens is 407 g/mol. The molecular formula is C21H21FN4O3S. The van der Waals surface area contributed by atoms with Crippen molar-refractivity contribution in [1.82, 2.24) is 14.9 Å². The molecule has 3 aromatic rings. The van der Waals surface area contributed by atoms with E-state index in [-0.39, 0.29) is 23.0 Å². The van der Waals surface area contributed by atoms with Crippen molar-refractivity contribution in [1.29, 1.82) is 0 Å². The summed E-state index contributed by atoms with van der Waals surface area (Å²) in [5.74, 6) is 0.150. The molecule has 0 radical (unpaired) electrons. The summed E-state index contributed by atoms with van der Waals surface area (Å²) in [6.07, 6.45) is 2.64. The molecule has 2 heterocycles. The summed E-state index contributed by atoms with van der Waals surface area (Å²) >= 11 is 0. The lowest BCUT2D eigenvalue weighted by molar-refractivity contribution is -0.130. The number of hydrogen-bond acceptors (Lipinski definition) is 6. The van der Waals surface area contributed by atoms with Crippen LogP contribution in [0.15, 0.2) is 53.7 Å². The summed E-state index contributed by atoms with van der Waals surface area (Å²) in [6.45, 7) is 2.03. The molecule has 0 saturated carbocycles. The van der Waals surface area contributed by atoms with Gasteiger partial charge in [-0.1, -0.05) is 18.2 Å². The van der Waals surface area contributed by atoms with E-state index in [1.165, 1.54) is 18.5 Å². The smallest absolute Gasteiger partial charge is 0.227 e. The van der Waals surface area contributed by atoms with Crippen LogP contribution in [0.25, 0.3) is 10.9 Å². The number of piperazine rings is 1. The Morgan fingerprint density at radius 1 is 1.07 bits per heavy atom. The zero-order valence-corrected chi connectivity index (χ0v) is 17.3. The average Bonchev–Trinajstić information content (AvgIpc) is 2.74. The summed E-state index contributed by atoms with van der Waals surface area (Å²) in [6, 6.07) is 11.1. The van der Waals surface area contributed by atoms with Gasteiger partial charge in [0.2, 0.25) is 5.91 Å². The molecule has 4 rings (SSSR count). The highest BCUT2D eigenvalue weighted by Gasteiger charge is 2.24. The lowest BCUT2D eigenvalue weighted by atomic mass is 10.1. The van der Waals surface area contributed by atoms with Crippen molar-refractivity contribution in [3.8, 4) is 0 Å². The molecule has 0 N–H and O–H groups in total. The lowest BCUT2D eigenvalue weighted by Gasteiger charge is -2.36. The number of anilines is 1. The Hall–Kier alpha value is -3.07. The van der Waals surface area contributed by atoms with Gasteiger partial charge in [-0.25, -0.2) is 22.8 Å². The zero-order chi connectivity index (χ0) is 21.3. The molecule has 0 aliphatic carbocycles. The molecule has 9 heteroatoms. The number of carbonyl (C=O) groups excluding carboxylic acids is 1. The van der Waals surface area contributed by atoms with E-state index in [9.17, 15) is 17.6 Å². The molecule has 0 unspecified atom stereocenters. The van der Waals surface area contributed by atoms with Crippen LogP contribution in [-0.2, 0) is 21.1 Å². The first-order valence-corrected chi connectivity index (χ1v) is 11.4. The molecule has 1 amide bonds. The van der Waals surface area contributed by atoms with Gasteiger partial charge in [-0.15, -0.1) is 0 Å². The number of halogens is 1. The number of carbonyl (C=O) groups is 1. The average molecular weight is 428 g/mol. The maximum Gasteiger partial charge on any atom is 0.227 e. The first-order valence-electron chi connectivity index (χ1n) is 9.54. The lowest BCUT2D eigenvalue weighted by Crippen LogP contribution is -2.49. The minimum atomic E-state index is -3.35. The first-order chi connectivity index (χ1) is 14.3. The van der Waals surface area contributed by atoms with Crippen molar-refractivity contribution in [3.63, 3.8) is 0 Å². The predicted octanol–water partition coefficient (Wildman–Crippen LogP) is 2.06. The highest BCUT2D eigenvalue weighted by molar-refractivity contribution is 7.90. The third kappa shape index (κ3) is 4.11. The van der Waals surface area contributed by atoms with Gasteiger partial charge in [0.15, 0.2) is 9.84 Å². The van der Waals surface area contributed by atoms with E-state index < -0.39 is 9.84 Å². The van der Waals surface area contributed by atoms with Gasteiger partial charge >= 0.3 is 0 Å². The summed E-state index contributed by atoms with van der Waals surface area (Å²) in [7, 11) is -3.35. The summed E-state index contributed by atoms with van der Waals surface area (Å²) in [5, 5.41) is 0.659. The number of amides is 1. The standard InChI is InChI=1S/C21H21FN4O3S/c1-30(28,29)16-6-7-19-17(13-16)21(24-14-23-19)26-10-8-25(9-11-26)20(27)12-15-4-2-3-5-18(15)22/h2-7,13-14H,8-12H2,1H3. The maximum absolute atomic E-state index is 13.8. The van der Waals surface area contributed by atoms with Crippen LogP contribution in [0.4, 0.5) is 10.2 Å². The van der Waals surface area contributed by atoms with Gasteiger partial charge in [0, 0.05) is 37.8 Å². The summed E-state index contributed by atoms with van der Waals surface area (Å²) in [5.41, 5.74) is 1.05. The normalized spacial score (nSPS) is 14.9. The van der Waals surface area contributed by atoms with Crippen molar-refractivity contribution in [2.75, 3.05) is 37.3 Å². The molecule has 7 nitrogen and oxygen atoms in total. The van der Waals surface area contributed by atoms with E-state index in [0.717, 1.165) is 6.26 Å². The van der Waals surface area contributed by atoms with Crippen molar-refractivity contribution >= 4 is 32.5 Å². The number of sulfone groups is 1. The van der Waals surface area contributed by atoms with E-state index in [1.54, 1.807) is 35.2 Å². The Morgan fingerprint density at radius 3 is 2.50 bits per heavy atom. The number of nitrogens with zero attached hydrogens (tertiary/aromatic N) is 4. The molecule has 0 atom stereocenters. The van der Waals surface area contributed by atoms with Gasteiger partial charge in [0.1, 0.15) is 18.0 Å². The van der Waals surface area contributed by atoms with Crippen molar-refractivity contribution in [3.05, 3.63) is 60.2 Å². The van der Waals surface area contributed by atoms with Gasteiger partial charge in [-0.05, 0) is 29.8 Å². The van der Waals surface area contributed by atoms with Crippen LogP contribution in [0.2, 0.25) is 0 Å². The van der Waals surface area contributed by atoms with Gasteiger partial charge in [0.25, 0.3) is 0 Å². The number of fused-ring (bicyclic) bond motifs is 1. The van der Waals surface area contributed by atoms with Crippen LogP contribution in [0, 0.1) is 5.82 Å². The second kappa shape index (κ2) is 7.98. The molecule has 0 bridgehead atoms. The van der Waals surface area contributed by atoms with Gasteiger partial charge in [-0.3, -0.25) is 4.79 Å². The van der Waals surface area contributed by atoms with Crippen molar-refractivity contribution in [2.45, 2.75) is 11.3 Å². The van der Waals surface area contributed by atoms with Gasteiger partial charge in [0.05, 0.1) is 16.8 Å². The van der Waals surface area contributed by atoms with Crippen molar-refractivity contribution < 1.29 is 17.6 Å². The first kappa shape index (κ1) is 20.2. The SMILES string of the molecule is CS(=O)(=O)c1ccc2ncnc(N3CCN(C(=O)Cc4ccccc4F)CC3)c2c1. The van der Waals surface area contributed by atoms with Crippen LogP contribution in [0.3, 0.4) is 0 Å². The monoisotopic (exact) mass is 428 g/mol. The Kier molecular flexibility index (Phi) is 5.38. The van der Waals surface area contributed by atoms with E-state index in [1.807, 2.05) is 4.90 Å². The molecule has 1 aliphatic rings. The van der Waals surface area contributed by atoms with E-state index in [0.29, 0.717) is 48.5 Å². The van der Waals surface area contributed by atoms with E-state index in [4.69, 9.17) is 0 Å². The van der Waals surface area contributed by atoms with Crippen LogP contribution in [-0.4, -0.2) is 61.6 Å². The number of aromatic nitrogens is 2. The molecule has 2 aromatic carbocycles. The predicted molar refractivity (Wildman–Crippen MR) is 112 cm³/mol. The molecule has 156 valence electrons. The molecule has 1 aliphatic heterocycles. The van der Waals surface area contributed by atoms with Crippen LogP contribution in [0.5, 0.6) is 0 Å². The highest BCUT2D eigenvalue weighted by atomic mass is 32.2. The van der Waals surface area contributed by atoms with E-state index in [2.05, 4.69) is 9.97 Å². The number of benzene rings is 2. The fraction of sp³-hybridized carbons (Fsp3) is 0.286. The minimum Gasteiger partial charge on any atom is -0.352 e. The Labute approximate surface area is 174 Å². The quantitative estimate of drug-likeness (QED) is 0.633. The van der Waals surface area contributed by atoms with Crippen molar-refractivity contribution in [2.24, 2.45) is 0 Å². The van der Waals surface area contributed by atoms with E-state index >= 15 is 0 Å². The second-order valence-corrected chi connectivity index (χ2v) is 9.30. The molecule has 1 aromatic heterocycles. The Morgan fingerprint density at radius 2 is 1.80 bits per heavy atom. The topological polar surface area (TPSA) is 83.5 Å². The van der Waals surface area contributed by atoms with Gasteiger partial charge in [-0.2, -0.15) is 0 Å². The molecule has 1 saturated heterocycles. The molecule has 30 heavy (non-hydrogen) atoms. The fourth-order valence-corrected chi connectivity index (χ4v) is 4.24. The Balaban J connectivity index is 1.51. The van der Waals surface area contributed by atoms with Gasteiger partial charge < -0.3 is 9.80 Å². The second-order valence-electron chi connectivity index (χ2n) is 7.28. The maximum atomic E-state index is 13.8. The zero-order valence-electron chi connectivity index (χ0n) is 16.5. The largest absolute Gasteiger partial charge is 0.352 e. The fourth-order valence-electron chi connectivity index (χ4n) is 3.59. The third-order valence-electron chi connectivity index (χ3n) is 5.25. The Bertz CT molecular complexity index is 1210. The highest BCUT2D eigenvalue weighted by Crippen LogP contribution is 2.26. The van der Waals surface area contributed by atoms with Crippen LogP contribution >= 0.6 is 0 Å². The summed E-state index contributed by atoms with van der Waals surface area (Å²) < 4.78 is 37.7. The van der Waals surface area contributed by atoms with Crippen LogP contribution in [0.1, 0.15) is 5.56 Å².